The van der Waals surface area contributed by atoms with Crippen LogP contribution in [0.1, 0.15) is 38.5 Å². The van der Waals surface area contributed by atoms with E-state index < -0.39 is 30.1 Å². The molecule has 20 heteroatoms. The van der Waals surface area contributed by atoms with Crippen molar-refractivity contribution in [1.82, 2.24) is 35.2 Å². The average molecular weight is 787 g/mol. The molecule has 4 atom stereocenters. The lowest BCUT2D eigenvalue weighted by Gasteiger charge is -2.39. The summed E-state index contributed by atoms with van der Waals surface area (Å²) in [5.74, 6) is -1.39. The summed E-state index contributed by atoms with van der Waals surface area (Å²) in [6.07, 6.45) is 9.40. The van der Waals surface area contributed by atoms with Gasteiger partial charge in [-0.05, 0) is 56.1 Å². The number of methoxy groups -OCH3 is 1. The van der Waals surface area contributed by atoms with Gasteiger partial charge in [-0.2, -0.15) is 0 Å². The smallest absolute Gasteiger partial charge is 0.336 e. The van der Waals surface area contributed by atoms with Crippen LogP contribution >= 0.6 is 12.4 Å². The number of aliphatic carboxylic acids is 2. The minimum absolute atomic E-state index is 0. The summed E-state index contributed by atoms with van der Waals surface area (Å²) in [7, 11) is 1.20. The molecule has 2 aliphatic heterocycles. The molecular formula is C35H47ClN10O9. The van der Waals surface area contributed by atoms with Gasteiger partial charge in [-0.25, -0.2) is 29.5 Å². The number of ether oxygens (including phenoxy) is 1. The fourth-order valence-corrected chi connectivity index (χ4v) is 7.67. The molecule has 0 aromatic carbocycles. The molecule has 2 saturated heterocycles. The molecule has 1 amide bonds. The number of nitrogens with zero attached hydrogens (tertiary/aromatic N) is 6. The number of piperidine rings is 2. The molecule has 4 aromatic heterocycles. The summed E-state index contributed by atoms with van der Waals surface area (Å²) >= 11 is 0. The maximum Gasteiger partial charge on any atom is 0.336 e. The van der Waals surface area contributed by atoms with E-state index in [1.165, 1.54) is 7.11 Å². The molecule has 9 N–H and O–H groups in total. The molecule has 2 saturated carbocycles. The Morgan fingerprint density at radius 3 is 1.76 bits per heavy atom. The molecule has 298 valence electrons. The quantitative estimate of drug-likeness (QED) is 0.108. The molecule has 2 aliphatic carbocycles. The SMILES string of the molecule is COC(=O)[C@@H](O)CN.Cl.O=C(O)[C@@H](O)CNC(=O)[C@@H]1CCN(c2ncnc3[nH]ccc23)CC12CC2.O=C(O)[C@@H]1CCN(c2ncnc3[nH]ccc23)CC12CC2. The van der Waals surface area contributed by atoms with Crippen molar-refractivity contribution in [3.8, 4) is 0 Å². The molecule has 0 bridgehead atoms. The third kappa shape index (κ3) is 8.90. The van der Waals surface area contributed by atoms with Crippen LogP contribution in [0.2, 0.25) is 0 Å². The topological polar surface area (TPSA) is 286 Å². The van der Waals surface area contributed by atoms with E-state index in [2.05, 4.69) is 49.8 Å². The van der Waals surface area contributed by atoms with Crippen LogP contribution in [-0.2, 0) is 23.9 Å². The predicted molar refractivity (Wildman–Crippen MR) is 200 cm³/mol. The van der Waals surface area contributed by atoms with Crippen molar-refractivity contribution in [3.63, 3.8) is 0 Å². The summed E-state index contributed by atoms with van der Waals surface area (Å²) < 4.78 is 4.13. The van der Waals surface area contributed by atoms with E-state index in [-0.39, 0.29) is 54.1 Å². The maximum absolute atomic E-state index is 12.5. The van der Waals surface area contributed by atoms with Gasteiger partial charge in [-0.15, -0.1) is 12.4 Å². The van der Waals surface area contributed by atoms with Crippen LogP contribution in [0, 0.1) is 22.7 Å². The standard InChI is InChI=1S/C17H21N5O4.C14H16N4O2.C4H9NO3.ClH/c23-12(16(25)26)7-19-15(24)11-2-6-22(8-17(11)3-4-17)14-10-1-5-18-13(10)20-9-21-14;19-13(20)10-2-6-18(7-14(10)3-4-14)12-9-1-5-15-11(9)16-8-17-12;1-8-4(7)3(6)2-5;/h1,5,9,11-12,23H,2-4,6-8H2,(H,19,24)(H,25,26)(H,18,20,21);1,5,8,10H,2-4,6-7H2,(H,19,20)(H,15,16,17);3,6H,2,5H2,1H3;1H/t11-,12-;10-;3-;/m000./s1. The van der Waals surface area contributed by atoms with Crippen molar-refractivity contribution in [2.45, 2.75) is 50.7 Å². The number of aliphatic hydroxyl groups excluding tert-OH is 2. The number of hydrogen-bond donors (Lipinski definition) is 8. The molecule has 4 aromatic rings. The number of amides is 1. The Morgan fingerprint density at radius 2 is 1.35 bits per heavy atom. The fraction of sp³-hybridized carbons (Fsp3) is 0.543. The molecule has 19 nitrogen and oxygen atoms in total. The highest BCUT2D eigenvalue weighted by molar-refractivity contribution is 5.89. The number of fused-ring (bicyclic) bond motifs is 2. The number of rotatable bonds is 9. The summed E-state index contributed by atoms with van der Waals surface area (Å²) in [6, 6.07) is 3.93. The lowest BCUT2D eigenvalue weighted by molar-refractivity contribution is -0.150. The van der Waals surface area contributed by atoms with E-state index in [9.17, 15) is 29.4 Å². The minimum Gasteiger partial charge on any atom is -0.481 e. The van der Waals surface area contributed by atoms with Crippen LogP contribution in [0.3, 0.4) is 0 Å². The van der Waals surface area contributed by atoms with Crippen LogP contribution in [0.5, 0.6) is 0 Å². The van der Waals surface area contributed by atoms with Crippen LogP contribution in [0.25, 0.3) is 22.1 Å². The van der Waals surface area contributed by atoms with Crippen molar-refractivity contribution in [1.29, 1.82) is 0 Å². The first-order valence-corrected chi connectivity index (χ1v) is 17.9. The third-order valence-electron chi connectivity index (χ3n) is 11.0. The van der Waals surface area contributed by atoms with E-state index in [0.717, 1.165) is 79.0 Å². The van der Waals surface area contributed by atoms with Crippen molar-refractivity contribution >= 4 is 69.9 Å². The number of aliphatic hydroxyl groups is 2. The van der Waals surface area contributed by atoms with Crippen molar-refractivity contribution in [2.75, 3.05) is 56.2 Å². The highest BCUT2D eigenvalue weighted by Crippen LogP contribution is 2.57. The molecule has 6 heterocycles. The Hall–Kier alpha value is -5.11. The van der Waals surface area contributed by atoms with Crippen molar-refractivity contribution in [3.05, 3.63) is 37.2 Å². The predicted octanol–water partition coefficient (Wildman–Crippen LogP) is 0.676. The molecule has 0 unspecified atom stereocenters. The van der Waals surface area contributed by atoms with Crippen molar-refractivity contribution < 1.29 is 44.3 Å². The van der Waals surface area contributed by atoms with Crippen LogP contribution in [0.15, 0.2) is 37.2 Å². The van der Waals surface area contributed by atoms with E-state index in [1.54, 1.807) is 12.7 Å². The molecular weight excluding hydrogens is 740 g/mol. The van der Waals surface area contributed by atoms with E-state index in [4.69, 9.17) is 15.9 Å². The second-order valence-electron chi connectivity index (χ2n) is 14.3. The van der Waals surface area contributed by atoms with Gasteiger partial charge in [0.15, 0.2) is 12.2 Å². The van der Waals surface area contributed by atoms with Gasteiger partial charge >= 0.3 is 17.9 Å². The number of carboxylic acid groups (broad SMARTS) is 2. The number of esters is 1. The lowest BCUT2D eigenvalue weighted by atomic mass is 9.81. The largest absolute Gasteiger partial charge is 0.481 e. The zero-order valence-electron chi connectivity index (χ0n) is 30.3. The Labute approximate surface area is 321 Å². The highest BCUT2D eigenvalue weighted by Gasteiger charge is 2.56. The first-order chi connectivity index (χ1) is 25.9. The zero-order valence-corrected chi connectivity index (χ0v) is 31.1. The zero-order chi connectivity index (χ0) is 38.6. The molecule has 0 radical (unpaired) electrons. The Kier molecular flexibility index (Phi) is 12.8. The summed E-state index contributed by atoms with van der Waals surface area (Å²) in [4.78, 5) is 72.7. The Bertz CT molecular complexity index is 1980. The average Bonchev–Trinajstić information content (AvgIpc) is 3.97. The van der Waals surface area contributed by atoms with Gasteiger partial charge in [0.2, 0.25) is 5.91 Å². The lowest BCUT2D eigenvalue weighted by Crippen LogP contribution is -2.49. The summed E-state index contributed by atoms with van der Waals surface area (Å²) in [5.41, 5.74) is 6.40. The van der Waals surface area contributed by atoms with Gasteiger partial charge in [0.1, 0.15) is 35.6 Å². The number of carboxylic acids is 2. The van der Waals surface area contributed by atoms with E-state index >= 15 is 0 Å². The second kappa shape index (κ2) is 17.1. The molecule has 4 fully saturated rings. The van der Waals surface area contributed by atoms with Crippen LogP contribution in [0.4, 0.5) is 11.6 Å². The van der Waals surface area contributed by atoms with E-state index in [0.29, 0.717) is 19.4 Å². The molecule has 8 rings (SSSR count). The third-order valence-corrected chi connectivity index (χ3v) is 11.0. The van der Waals surface area contributed by atoms with Crippen LogP contribution < -0.4 is 20.9 Å². The normalized spacial score (nSPS) is 21.2. The number of carbonyl (C=O) groups is 4. The number of aromatic nitrogens is 6. The number of hydrogen-bond acceptors (Lipinski definition) is 14. The first kappa shape index (κ1) is 41.1. The number of carbonyl (C=O) groups excluding carboxylic acids is 2. The highest BCUT2D eigenvalue weighted by atomic mass is 35.5. The Balaban J connectivity index is 0.000000178. The number of anilines is 2. The molecule has 55 heavy (non-hydrogen) atoms. The number of nitrogens with one attached hydrogen (secondary N) is 3. The second-order valence-corrected chi connectivity index (χ2v) is 14.3. The monoisotopic (exact) mass is 786 g/mol. The Morgan fingerprint density at radius 1 is 0.855 bits per heavy atom. The summed E-state index contributed by atoms with van der Waals surface area (Å²) in [5, 5.41) is 40.5. The fourth-order valence-electron chi connectivity index (χ4n) is 7.67. The number of nitrogens with two attached hydrogens (primary N) is 1. The van der Waals surface area contributed by atoms with Gasteiger partial charge in [0, 0.05) is 56.5 Å². The first-order valence-electron chi connectivity index (χ1n) is 17.9. The minimum atomic E-state index is -1.57. The summed E-state index contributed by atoms with van der Waals surface area (Å²) in [6.45, 7) is 2.62. The molecule has 2 spiro atoms. The number of halogens is 1. The molecule has 4 aliphatic rings. The van der Waals surface area contributed by atoms with Crippen LogP contribution in [-0.4, -0.2) is 133 Å². The van der Waals surface area contributed by atoms with Crippen molar-refractivity contribution in [2.24, 2.45) is 28.4 Å². The van der Waals surface area contributed by atoms with Gasteiger partial charge in [-0.1, -0.05) is 0 Å². The van der Waals surface area contributed by atoms with Gasteiger partial charge in [-0.3, -0.25) is 9.59 Å². The van der Waals surface area contributed by atoms with Gasteiger partial charge in [0.05, 0.1) is 30.3 Å². The van der Waals surface area contributed by atoms with Gasteiger partial charge < -0.3 is 56.0 Å². The maximum atomic E-state index is 12.5. The number of aromatic amines is 2. The number of H-pyrrole nitrogens is 2. The van der Waals surface area contributed by atoms with Gasteiger partial charge in [0.25, 0.3) is 0 Å². The van der Waals surface area contributed by atoms with E-state index in [1.807, 2.05) is 24.5 Å².